The number of carbonyl (C=O) groups excluding carboxylic acids is 2. The molecule has 0 aliphatic carbocycles. The van der Waals surface area contributed by atoms with E-state index in [0.29, 0.717) is 30.3 Å². The fourth-order valence-corrected chi connectivity index (χ4v) is 5.32. The molecule has 0 aliphatic heterocycles. The van der Waals surface area contributed by atoms with Crippen LogP contribution >= 0.6 is 11.8 Å². The molecule has 0 aliphatic rings. The maximum Gasteiger partial charge on any atom is 0.321 e. The van der Waals surface area contributed by atoms with E-state index in [1.54, 1.807) is 45.9 Å². The van der Waals surface area contributed by atoms with Crippen LogP contribution in [0.15, 0.2) is 28.3 Å². The molecule has 30 heavy (non-hydrogen) atoms. The molecule has 0 atom stereocenters. The van der Waals surface area contributed by atoms with E-state index in [-0.39, 0.29) is 16.7 Å². The molecule has 2 aromatic rings. The van der Waals surface area contributed by atoms with Crippen LogP contribution in [0.2, 0.25) is 0 Å². The van der Waals surface area contributed by atoms with Crippen LogP contribution in [0, 0.1) is 0 Å². The number of amides is 3. The van der Waals surface area contributed by atoms with E-state index in [9.17, 15) is 18.0 Å². The number of thioether (sulfide) groups is 1. The van der Waals surface area contributed by atoms with Crippen LogP contribution in [-0.4, -0.2) is 59.1 Å². The summed E-state index contributed by atoms with van der Waals surface area (Å²) >= 11 is 1.19. The Morgan fingerprint density at radius 1 is 1.20 bits per heavy atom. The number of benzene rings is 1. The van der Waals surface area contributed by atoms with Crippen LogP contribution in [0.25, 0.3) is 11.0 Å². The van der Waals surface area contributed by atoms with Crippen LogP contribution in [-0.2, 0) is 21.4 Å². The molecule has 0 unspecified atom stereocenters. The number of nitrogens with one attached hydrogen (secondary N) is 2. The maximum absolute atomic E-state index is 12.8. The van der Waals surface area contributed by atoms with Crippen molar-refractivity contribution >= 4 is 44.8 Å². The second-order valence-corrected chi connectivity index (χ2v) is 9.72. The normalized spacial score (nSPS) is 12.0. The van der Waals surface area contributed by atoms with Gasteiger partial charge in [-0.1, -0.05) is 25.6 Å². The van der Waals surface area contributed by atoms with E-state index in [1.165, 1.54) is 16.1 Å². The molecule has 9 nitrogen and oxygen atoms in total. The van der Waals surface area contributed by atoms with Gasteiger partial charge in [-0.25, -0.2) is 18.2 Å². The zero-order chi connectivity index (χ0) is 22.5. The third-order valence-electron chi connectivity index (χ3n) is 4.35. The summed E-state index contributed by atoms with van der Waals surface area (Å²) < 4.78 is 28.9. The monoisotopic (exact) mass is 455 g/mol. The summed E-state index contributed by atoms with van der Waals surface area (Å²) in [5.74, 6) is -0.419. The molecule has 1 heterocycles. The van der Waals surface area contributed by atoms with Crippen molar-refractivity contribution in [1.29, 1.82) is 0 Å². The summed E-state index contributed by atoms with van der Waals surface area (Å²) in [4.78, 5) is 28.4. The SMILES string of the molecule is CCN(CC)S(=O)(=O)c1ccc2c(c1)nc(SCC(=O)NC(=O)NC(C)C)n2CC. The van der Waals surface area contributed by atoms with Crippen LogP contribution in [0.4, 0.5) is 4.79 Å². The first-order chi connectivity index (χ1) is 14.1. The predicted molar refractivity (Wildman–Crippen MR) is 118 cm³/mol. The lowest BCUT2D eigenvalue weighted by molar-refractivity contribution is -0.117. The van der Waals surface area contributed by atoms with E-state index in [0.717, 1.165) is 5.52 Å². The van der Waals surface area contributed by atoms with Gasteiger partial charge in [0.15, 0.2) is 5.16 Å². The van der Waals surface area contributed by atoms with Crippen LogP contribution < -0.4 is 10.6 Å². The molecule has 0 spiro atoms. The quantitative estimate of drug-likeness (QED) is 0.562. The first-order valence-electron chi connectivity index (χ1n) is 9.87. The highest BCUT2D eigenvalue weighted by Gasteiger charge is 2.23. The number of hydrogen-bond acceptors (Lipinski definition) is 6. The molecule has 2 N–H and O–H groups in total. The summed E-state index contributed by atoms with van der Waals surface area (Å²) in [5.41, 5.74) is 1.34. The fourth-order valence-electron chi connectivity index (χ4n) is 2.97. The highest BCUT2D eigenvalue weighted by molar-refractivity contribution is 7.99. The van der Waals surface area contributed by atoms with Crippen LogP contribution in [0.1, 0.15) is 34.6 Å². The van der Waals surface area contributed by atoms with Gasteiger partial charge in [-0.15, -0.1) is 0 Å². The number of sulfonamides is 1. The van der Waals surface area contributed by atoms with Crippen molar-refractivity contribution in [3.8, 4) is 0 Å². The third-order valence-corrected chi connectivity index (χ3v) is 7.37. The molecule has 11 heteroatoms. The lowest BCUT2D eigenvalue weighted by atomic mass is 10.3. The second kappa shape index (κ2) is 10.3. The Hall–Kier alpha value is -2.11. The molecule has 0 radical (unpaired) electrons. The van der Waals surface area contributed by atoms with Gasteiger partial charge in [0.1, 0.15) is 0 Å². The largest absolute Gasteiger partial charge is 0.336 e. The van der Waals surface area contributed by atoms with Crippen molar-refractivity contribution in [3.63, 3.8) is 0 Å². The van der Waals surface area contributed by atoms with Gasteiger partial charge in [-0.3, -0.25) is 10.1 Å². The predicted octanol–water partition coefficient (Wildman–Crippen LogP) is 2.41. The molecule has 1 aromatic heterocycles. The highest BCUT2D eigenvalue weighted by atomic mass is 32.2. The van der Waals surface area contributed by atoms with Gasteiger partial charge in [0.05, 0.1) is 21.7 Å². The lowest BCUT2D eigenvalue weighted by Crippen LogP contribution is -2.43. The average molecular weight is 456 g/mol. The van der Waals surface area contributed by atoms with E-state index >= 15 is 0 Å². The van der Waals surface area contributed by atoms with E-state index in [2.05, 4.69) is 15.6 Å². The Morgan fingerprint density at radius 2 is 1.87 bits per heavy atom. The third kappa shape index (κ3) is 5.52. The smallest absolute Gasteiger partial charge is 0.321 e. The molecule has 1 aromatic carbocycles. The zero-order valence-corrected chi connectivity index (χ0v) is 19.6. The number of hydrogen-bond donors (Lipinski definition) is 2. The number of imide groups is 1. The van der Waals surface area contributed by atoms with Gasteiger partial charge in [0, 0.05) is 25.7 Å². The summed E-state index contributed by atoms with van der Waals surface area (Å²) in [6, 6.07) is 4.28. The van der Waals surface area contributed by atoms with Crippen molar-refractivity contribution in [2.24, 2.45) is 0 Å². The summed E-state index contributed by atoms with van der Waals surface area (Å²) in [7, 11) is -3.58. The molecule has 0 saturated heterocycles. The lowest BCUT2D eigenvalue weighted by Gasteiger charge is -2.18. The van der Waals surface area contributed by atoms with Crippen LogP contribution in [0.5, 0.6) is 0 Å². The Balaban J connectivity index is 2.24. The van der Waals surface area contributed by atoms with Crippen molar-refractivity contribution in [1.82, 2.24) is 24.5 Å². The first-order valence-corrected chi connectivity index (χ1v) is 12.3. The summed E-state index contributed by atoms with van der Waals surface area (Å²) in [5, 5.41) is 5.46. The number of nitrogens with zero attached hydrogens (tertiary/aromatic N) is 3. The molecule has 0 bridgehead atoms. The fraction of sp³-hybridized carbons (Fsp3) is 0.526. The van der Waals surface area contributed by atoms with Crippen molar-refractivity contribution in [2.45, 2.75) is 57.3 Å². The summed E-state index contributed by atoms with van der Waals surface area (Å²) in [6.45, 7) is 10.5. The first kappa shape index (κ1) is 24.2. The Kier molecular flexibility index (Phi) is 8.27. The van der Waals surface area contributed by atoms with Gasteiger partial charge in [-0.05, 0) is 39.0 Å². The molecule has 166 valence electrons. The number of fused-ring (bicyclic) bond motifs is 1. The summed E-state index contributed by atoms with van der Waals surface area (Å²) in [6.07, 6.45) is 0. The van der Waals surface area contributed by atoms with E-state index in [1.807, 2.05) is 11.5 Å². The minimum atomic E-state index is -3.58. The topological polar surface area (TPSA) is 113 Å². The van der Waals surface area contributed by atoms with E-state index < -0.39 is 22.0 Å². The molecule has 3 amide bonds. The van der Waals surface area contributed by atoms with Gasteiger partial charge < -0.3 is 9.88 Å². The molecule has 0 fully saturated rings. The van der Waals surface area contributed by atoms with Gasteiger partial charge in [-0.2, -0.15) is 4.31 Å². The average Bonchev–Trinajstić information content (AvgIpc) is 3.03. The number of rotatable bonds is 9. The molecule has 0 saturated carbocycles. The number of carbonyl (C=O) groups is 2. The van der Waals surface area contributed by atoms with Crippen LogP contribution in [0.3, 0.4) is 0 Å². The maximum atomic E-state index is 12.8. The second-order valence-electron chi connectivity index (χ2n) is 6.84. The zero-order valence-electron chi connectivity index (χ0n) is 17.9. The number of urea groups is 1. The standard InChI is InChI=1S/C19H29N5O4S2/c1-6-23(7-2)30(27,28)14-9-10-16-15(11-14)21-19(24(16)8-3)29-12-17(25)22-18(26)20-13(4)5/h9-11,13H,6-8,12H2,1-5H3,(H2,20,22,25,26). The number of imidazole rings is 1. The molecular weight excluding hydrogens is 426 g/mol. The number of aryl methyl sites for hydroxylation is 1. The van der Waals surface area contributed by atoms with Crippen molar-refractivity contribution < 1.29 is 18.0 Å². The molecule has 2 rings (SSSR count). The molecular formula is C19H29N5O4S2. The minimum absolute atomic E-state index is 0.0133. The van der Waals surface area contributed by atoms with Crippen molar-refractivity contribution in [2.75, 3.05) is 18.8 Å². The number of aromatic nitrogens is 2. The van der Waals surface area contributed by atoms with Crippen molar-refractivity contribution in [3.05, 3.63) is 18.2 Å². The van der Waals surface area contributed by atoms with Gasteiger partial charge >= 0.3 is 6.03 Å². The van der Waals surface area contributed by atoms with Gasteiger partial charge in [0.25, 0.3) is 0 Å². The Bertz CT molecular complexity index is 1010. The Morgan fingerprint density at radius 3 is 2.43 bits per heavy atom. The van der Waals surface area contributed by atoms with Gasteiger partial charge in [0.2, 0.25) is 15.9 Å². The minimum Gasteiger partial charge on any atom is -0.336 e. The van der Waals surface area contributed by atoms with E-state index in [4.69, 9.17) is 0 Å². The Labute approximate surface area is 181 Å². The highest BCUT2D eigenvalue weighted by Crippen LogP contribution is 2.27.